The van der Waals surface area contributed by atoms with Crippen LogP contribution in [0.4, 0.5) is 0 Å². The molecule has 2 N–H and O–H groups in total. The van der Waals surface area contributed by atoms with Crippen molar-refractivity contribution in [2.45, 2.75) is 31.8 Å². The fourth-order valence-electron chi connectivity index (χ4n) is 2.24. The van der Waals surface area contributed by atoms with E-state index in [4.69, 9.17) is 5.73 Å². The predicted molar refractivity (Wildman–Crippen MR) is 68.4 cm³/mol. The van der Waals surface area contributed by atoms with Gasteiger partial charge in [0.1, 0.15) is 0 Å². The number of sulfonamides is 1. The van der Waals surface area contributed by atoms with Crippen molar-refractivity contribution in [2.75, 3.05) is 19.6 Å². The molecular formula is C11H20N4O2S. The van der Waals surface area contributed by atoms with E-state index in [0.29, 0.717) is 26.2 Å². The number of aryl methyl sites for hydroxylation is 1. The Balaban J connectivity index is 2.29. The third kappa shape index (κ3) is 2.17. The van der Waals surface area contributed by atoms with Gasteiger partial charge >= 0.3 is 0 Å². The van der Waals surface area contributed by atoms with Gasteiger partial charge in [-0.25, -0.2) is 13.4 Å². The van der Waals surface area contributed by atoms with E-state index in [9.17, 15) is 8.42 Å². The average Bonchev–Trinajstić information content (AvgIpc) is 2.96. The molecule has 2 heterocycles. The first-order valence-electron chi connectivity index (χ1n) is 6.13. The molecule has 1 aliphatic heterocycles. The van der Waals surface area contributed by atoms with Crippen LogP contribution in [0.25, 0.3) is 0 Å². The maximum absolute atomic E-state index is 12.5. The average molecular weight is 272 g/mol. The number of nitrogens with zero attached hydrogens (tertiary/aromatic N) is 3. The lowest BCUT2D eigenvalue weighted by molar-refractivity contribution is 0.348. The minimum absolute atomic E-state index is 0.107. The SMILES string of the molecule is CCn1cncc1S(=O)(=O)N1CCC(C)(CN)C1. The van der Waals surface area contributed by atoms with E-state index in [1.54, 1.807) is 10.9 Å². The van der Waals surface area contributed by atoms with E-state index >= 15 is 0 Å². The molecule has 0 aromatic carbocycles. The van der Waals surface area contributed by atoms with Crippen molar-refractivity contribution in [3.63, 3.8) is 0 Å². The number of rotatable bonds is 4. The third-order valence-electron chi connectivity index (χ3n) is 3.63. The highest BCUT2D eigenvalue weighted by atomic mass is 32.2. The van der Waals surface area contributed by atoms with Gasteiger partial charge in [0, 0.05) is 19.6 Å². The summed E-state index contributed by atoms with van der Waals surface area (Å²) >= 11 is 0. The predicted octanol–water partition coefficient (Wildman–Crippen LogP) is 0.262. The molecule has 1 saturated heterocycles. The fraction of sp³-hybridized carbons (Fsp3) is 0.727. The zero-order valence-corrected chi connectivity index (χ0v) is 11.7. The number of hydrogen-bond acceptors (Lipinski definition) is 4. The van der Waals surface area contributed by atoms with Crippen molar-refractivity contribution in [1.82, 2.24) is 13.9 Å². The Hall–Kier alpha value is -0.920. The molecule has 1 atom stereocenters. The van der Waals surface area contributed by atoms with Gasteiger partial charge in [0.05, 0.1) is 12.5 Å². The Labute approximate surface area is 108 Å². The second-order valence-corrected chi connectivity index (χ2v) is 7.01. The summed E-state index contributed by atoms with van der Waals surface area (Å²) in [6.07, 6.45) is 3.77. The molecule has 18 heavy (non-hydrogen) atoms. The molecule has 102 valence electrons. The molecule has 0 amide bonds. The molecule has 6 nitrogen and oxygen atoms in total. The minimum Gasteiger partial charge on any atom is -0.330 e. The van der Waals surface area contributed by atoms with Gasteiger partial charge in [-0.15, -0.1) is 0 Å². The van der Waals surface area contributed by atoms with Crippen molar-refractivity contribution in [3.05, 3.63) is 12.5 Å². The van der Waals surface area contributed by atoms with Crippen molar-refractivity contribution in [2.24, 2.45) is 11.1 Å². The Kier molecular flexibility index (Phi) is 3.48. The zero-order valence-electron chi connectivity index (χ0n) is 10.8. The summed E-state index contributed by atoms with van der Waals surface area (Å²) in [6.45, 7) is 6.04. The molecule has 1 aliphatic rings. The molecule has 1 aromatic rings. The first-order chi connectivity index (χ1) is 8.43. The van der Waals surface area contributed by atoms with Crippen molar-refractivity contribution >= 4 is 10.0 Å². The van der Waals surface area contributed by atoms with Crippen LogP contribution < -0.4 is 5.73 Å². The lowest BCUT2D eigenvalue weighted by Gasteiger charge is -2.22. The van der Waals surface area contributed by atoms with E-state index in [1.807, 2.05) is 13.8 Å². The van der Waals surface area contributed by atoms with Crippen LogP contribution in [0, 0.1) is 5.41 Å². The molecule has 0 bridgehead atoms. The Morgan fingerprint density at radius 2 is 2.28 bits per heavy atom. The van der Waals surface area contributed by atoms with Gasteiger partial charge in [0.2, 0.25) is 0 Å². The van der Waals surface area contributed by atoms with Crippen LogP contribution in [0.15, 0.2) is 17.6 Å². The summed E-state index contributed by atoms with van der Waals surface area (Å²) < 4.78 is 28.2. The van der Waals surface area contributed by atoms with Gasteiger partial charge in [0.25, 0.3) is 10.0 Å². The van der Waals surface area contributed by atoms with E-state index < -0.39 is 10.0 Å². The normalized spacial score (nSPS) is 25.7. The molecule has 1 aromatic heterocycles. The third-order valence-corrected chi connectivity index (χ3v) is 5.49. The second-order valence-electron chi connectivity index (χ2n) is 5.12. The van der Waals surface area contributed by atoms with Crippen LogP contribution in [0.5, 0.6) is 0 Å². The molecular weight excluding hydrogens is 252 g/mol. The molecule has 0 radical (unpaired) electrons. The monoisotopic (exact) mass is 272 g/mol. The number of nitrogens with two attached hydrogens (primary N) is 1. The molecule has 2 rings (SSSR count). The van der Waals surface area contributed by atoms with E-state index in [1.165, 1.54) is 10.5 Å². The number of hydrogen-bond donors (Lipinski definition) is 1. The van der Waals surface area contributed by atoms with E-state index in [0.717, 1.165) is 6.42 Å². The van der Waals surface area contributed by atoms with Crippen LogP contribution in [0.1, 0.15) is 20.3 Å². The topological polar surface area (TPSA) is 81.2 Å². The summed E-state index contributed by atoms with van der Waals surface area (Å²) in [5.41, 5.74) is 5.60. The molecule has 0 saturated carbocycles. The van der Waals surface area contributed by atoms with Crippen LogP contribution in [-0.2, 0) is 16.6 Å². The Morgan fingerprint density at radius 3 is 2.83 bits per heavy atom. The standard InChI is InChI=1S/C11H20N4O2S/c1-3-14-9-13-6-10(14)18(16,17)15-5-4-11(2,7-12)8-15/h6,9H,3-5,7-8,12H2,1-2H3. The van der Waals surface area contributed by atoms with Crippen LogP contribution in [0.3, 0.4) is 0 Å². The molecule has 0 aliphatic carbocycles. The van der Waals surface area contributed by atoms with Gasteiger partial charge in [-0.1, -0.05) is 6.92 Å². The lowest BCUT2D eigenvalue weighted by Crippen LogP contribution is -2.35. The van der Waals surface area contributed by atoms with Gasteiger partial charge in [0.15, 0.2) is 5.03 Å². The van der Waals surface area contributed by atoms with Gasteiger partial charge in [-0.3, -0.25) is 0 Å². The van der Waals surface area contributed by atoms with Crippen molar-refractivity contribution in [3.8, 4) is 0 Å². The van der Waals surface area contributed by atoms with Crippen LogP contribution >= 0.6 is 0 Å². The largest absolute Gasteiger partial charge is 0.330 e. The van der Waals surface area contributed by atoms with Crippen molar-refractivity contribution in [1.29, 1.82) is 0 Å². The molecule has 7 heteroatoms. The Morgan fingerprint density at radius 1 is 1.56 bits per heavy atom. The summed E-state index contributed by atoms with van der Waals surface area (Å²) in [4.78, 5) is 3.92. The van der Waals surface area contributed by atoms with E-state index in [-0.39, 0.29) is 10.4 Å². The smallest absolute Gasteiger partial charge is 0.260 e. The summed E-state index contributed by atoms with van der Waals surface area (Å²) in [5, 5.41) is 0.270. The summed E-state index contributed by atoms with van der Waals surface area (Å²) in [7, 11) is -3.44. The molecule has 1 unspecified atom stereocenters. The first kappa shape index (κ1) is 13.5. The maximum Gasteiger partial charge on any atom is 0.260 e. The zero-order chi connectivity index (χ0) is 13.4. The first-order valence-corrected chi connectivity index (χ1v) is 7.57. The van der Waals surface area contributed by atoms with Crippen LogP contribution in [0.2, 0.25) is 0 Å². The number of imidazole rings is 1. The summed E-state index contributed by atoms with van der Waals surface area (Å²) in [6, 6.07) is 0. The molecule has 1 fully saturated rings. The molecule has 0 spiro atoms. The van der Waals surface area contributed by atoms with Gasteiger partial charge in [-0.05, 0) is 25.3 Å². The highest BCUT2D eigenvalue weighted by Crippen LogP contribution is 2.32. The maximum atomic E-state index is 12.5. The fourth-order valence-corrected chi connectivity index (χ4v) is 3.99. The lowest BCUT2D eigenvalue weighted by atomic mass is 9.90. The highest BCUT2D eigenvalue weighted by molar-refractivity contribution is 7.89. The van der Waals surface area contributed by atoms with Gasteiger partial charge < -0.3 is 10.3 Å². The van der Waals surface area contributed by atoms with Crippen molar-refractivity contribution < 1.29 is 8.42 Å². The second kappa shape index (κ2) is 4.64. The van der Waals surface area contributed by atoms with Crippen LogP contribution in [-0.4, -0.2) is 41.9 Å². The highest BCUT2D eigenvalue weighted by Gasteiger charge is 2.39. The summed E-state index contributed by atoms with van der Waals surface area (Å²) in [5.74, 6) is 0. The quantitative estimate of drug-likeness (QED) is 0.852. The van der Waals surface area contributed by atoms with E-state index in [2.05, 4.69) is 4.98 Å². The minimum atomic E-state index is -3.44. The Bertz CT molecular complexity index is 525. The number of aromatic nitrogens is 2. The van der Waals surface area contributed by atoms with Gasteiger partial charge in [-0.2, -0.15) is 4.31 Å².